The third-order valence-electron chi connectivity index (χ3n) is 8.75. The highest BCUT2D eigenvalue weighted by atomic mass is 31.2. The minimum Gasteiger partial charge on any atom is -0.498 e. The van der Waals surface area contributed by atoms with Gasteiger partial charge in [-0.15, -0.1) is 0 Å². The van der Waals surface area contributed by atoms with Crippen LogP contribution in [0.2, 0.25) is 0 Å². The van der Waals surface area contributed by atoms with E-state index >= 15 is 0 Å². The van der Waals surface area contributed by atoms with Crippen LogP contribution in [0.4, 0.5) is 0 Å². The molecule has 0 aromatic heterocycles. The summed E-state index contributed by atoms with van der Waals surface area (Å²) in [5.41, 5.74) is 0. The molecule has 0 rings (SSSR count). The number of hydrogen-bond donors (Lipinski definition) is 2. The lowest BCUT2D eigenvalue weighted by molar-refractivity contribution is -0.870. The lowest BCUT2D eigenvalue weighted by atomic mass is 10.0. The number of hydrogen-bond acceptors (Lipinski definition) is 7. The molecule has 0 spiro atoms. The van der Waals surface area contributed by atoms with Gasteiger partial charge in [-0.25, -0.2) is 4.57 Å². The maximum Gasteiger partial charge on any atom is 0.472 e. The second-order valence-electron chi connectivity index (χ2n) is 15.3. The molecule has 0 aliphatic heterocycles. The minimum absolute atomic E-state index is 0.0256. The molecule has 0 saturated carbocycles. The fourth-order valence-electron chi connectivity index (χ4n) is 5.38. The number of allylic oxidation sites excluding steroid dienone is 8. The molecule has 0 radical (unpaired) electrons. The van der Waals surface area contributed by atoms with Crippen LogP contribution in [0.1, 0.15) is 155 Å². The summed E-state index contributed by atoms with van der Waals surface area (Å²) in [7, 11) is 1.51. The molecule has 0 saturated heterocycles. The van der Waals surface area contributed by atoms with Crippen molar-refractivity contribution in [3.8, 4) is 0 Å². The first-order chi connectivity index (χ1) is 26.0. The predicted molar refractivity (Wildman–Crippen MR) is 225 cm³/mol. The van der Waals surface area contributed by atoms with Crippen LogP contribution in [-0.2, 0) is 27.9 Å². The Kier molecular flexibility index (Phi) is 35.3. The van der Waals surface area contributed by atoms with E-state index in [4.69, 9.17) is 18.5 Å². The number of aliphatic hydroxyl groups is 1. The van der Waals surface area contributed by atoms with Crippen molar-refractivity contribution in [1.29, 1.82) is 0 Å². The van der Waals surface area contributed by atoms with Gasteiger partial charge >= 0.3 is 13.8 Å². The molecular formula is C44H81NO8P+. The molecule has 0 aliphatic rings. The van der Waals surface area contributed by atoms with E-state index < -0.39 is 26.0 Å². The summed E-state index contributed by atoms with van der Waals surface area (Å²) in [6, 6.07) is 0. The molecule has 10 heteroatoms. The molecule has 9 nitrogen and oxygen atoms in total. The molecule has 0 aromatic carbocycles. The van der Waals surface area contributed by atoms with Crippen LogP contribution in [0.25, 0.3) is 0 Å². The number of carbonyl (C=O) groups excluding carboxylic acids is 1. The Bertz CT molecular complexity index is 1070. The first-order valence-electron chi connectivity index (χ1n) is 21.2. The predicted octanol–water partition coefficient (Wildman–Crippen LogP) is 11.5. The fraction of sp³-hybridized carbons (Fsp3) is 0.750. The number of nitrogens with zero attached hydrogens (tertiary/aromatic N) is 1. The van der Waals surface area contributed by atoms with Gasteiger partial charge in [0.15, 0.2) is 6.10 Å². The van der Waals surface area contributed by atoms with Gasteiger partial charge in [-0.2, -0.15) is 0 Å². The van der Waals surface area contributed by atoms with E-state index in [1.807, 2.05) is 45.4 Å². The highest BCUT2D eigenvalue weighted by molar-refractivity contribution is 7.47. The molecule has 54 heavy (non-hydrogen) atoms. The second kappa shape index (κ2) is 36.6. The average Bonchev–Trinajstić information content (AvgIpc) is 3.11. The molecule has 0 amide bonds. The van der Waals surface area contributed by atoms with Gasteiger partial charge in [0.2, 0.25) is 0 Å². The van der Waals surface area contributed by atoms with E-state index in [1.165, 1.54) is 89.9 Å². The molecule has 0 aromatic rings. The van der Waals surface area contributed by atoms with Crippen molar-refractivity contribution in [1.82, 2.24) is 0 Å². The zero-order valence-electron chi connectivity index (χ0n) is 35.1. The summed E-state index contributed by atoms with van der Waals surface area (Å²) in [4.78, 5) is 22.8. The van der Waals surface area contributed by atoms with Crippen molar-refractivity contribution < 1.29 is 42.4 Å². The van der Waals surface area contributed by atoms with Gasteiger partial charge < -0.3 is 24.0 Å². The number of carbonyl (C=O) groups is 1. The number of ether oxygens (including phenoxy) is 2. The fourth-order valence-corrected chi connectivity index (χ4v) is 6.13. The van der Waals surface area contributed by atoms with Crippen LogP contribution in [-0.4, -0.2) is 80.2 Å². The van der Waals surface area contributed by atoms with Gasteiger partial charge in [-0.3, -0.25) is 13.8 Å². The van der Waals surface area contributed by atoms with Crippen molar-refractivity contribution in [3.63, 3.8) is 0 Å². The first-order valence-corrected chi connectivity index (χ1v) is 22.7. The van der Waals surface area contributed by atoms with E-state index in [0.29, 0.717) is 23.9 Å². The SMILES string of the molecule is CCCCC/C=C\C/C=C\C/C=C\C=C\[C@H](O)CCCC(=O)O[C@H](CO/C=C/CCCCCCCCCCCCCC)COP(=O)(O)OCC[N+](C)(C)C. The molecular weight excluding hydrogens is 701 g/mol. The monoisotopic (exact) mass is 783 g/mol. The molecule has 3 atom stereocenters. The Balaban J connectivity index is 4.54. The van der Waals surface area contributed by atoms with Crippen molar-refractivity contribution in [3.05, 3.63) is 60.9 Å². The summed E-state index contributed by atoms with van der Waals surface area (Å²) in [5, 5.41) is 10.3. The molecule has 314 valence electrons. The molecule has 0 heterocycles. The Labute approximate surface area is 331 Å². The standard InChI is InChI=1S/C44H80NO8P/c1-6-8-10-12-14-16-18-20-22-24-26-28-30-32-38-50-40-43(41-52-54(48,49)51-39-37-45(3,4)5)53-44(47)36-33-35-42(46)34-31-29-27-25-23-21-19-17-15-13-11-9-7-2/h15,17,21,23,27,29,31-32,34,38,42-43,46H,6-14,16,18-20,22,24-26,28,30,33,35-37,39-41H2,1-5H3/p+1/b17-15-,23-21-,29-27-,34-31+,38-32+/t42-,43+/m0/s1. The summed E-state index contributed by atoms with van der Waals surface area (Å²) >= 11 is 0. The Morgan fingerprint density at radius 2 is 1.24 bits per heavy atom. The van der Waals surface area contributed by atoms with E-state index in [-0.39, 0.29) is 26.2 Å². The van der Waals surface area contributed by atoms with E-state index in [1.54, 1.807) is 12.3 Å². The van der Waals surface area contributed by atoms with Crippen molar-refractivity contribution in [2.75, 3.05) is 47.5 Å². The zero-order chi connectivity index (χ0) is 40.0. The molecule has 2 N–H and O–H groups in total. The first kappa shape index (κ1) is 52.0. The average molecular weight is 783 g/mol. The number of aliphatic hydroxyl groups excluding tert-OH is 1. The summed E-state index contributed by atoms with van der Waals surface area (Å²) in [6.45, 7) is 4.66. The van der Waals surface area contributed by atoms with Crippen molar-refractivity contribution >= 4 is 13.8 Å². The van der Waals surface area contributed by atoms with Gasteiger partial charge in [-0.1, -0.05) is 146 Å². The van der Waals surface area contributed by atoms with Gasteiger partial charge in [0.25, 0.3) is 0 Å². The summed E-state index contributed by atoms with van der Waals surface area (Å²) < 4.78 is 34.5. The van der Waals surface area contributed by atoms with Crippen molar-refractivity contribution in [2.45, 2.75) is 167 Å². The Morgan fingerprint density at radius 3 is 1.89 bits per heavy atom. The highest BCUT2D eigenvalue weighted by Gasteiger charge is 2.26. The van der Waals surface area contributed by atoms with E-state index in [2.05, 4.69) is 38.2 Å². The summed E-state index contributed by atoms with van der Waals surface area (Å²) in [6.07, 6.45) is 42.3. The minimum atomic E-state index is -4.34. The van der Waals surface area contributed by atoms with Gasteiger partial charge in [-0.05, 0) is 57.4 Å². The van der Waals surface area contributed by atoms with Crippen LogP contribution < -0.4 is 0 Å². The van der Waals surface area contributed by atoms with Crippen LogP contribution in [0.3, 0.4) is 0 Å². The molecule has 0 aliphatic carbocycles. The topological polar surface area (TPSA) is 112 Å². The summed E-state index contributed by atoms with van der Waals surface area (Å²) in [5.74, 6) is -0.495. The Morgan fingerprint density at radius 1 is 0.685 bits per heavy atom. The van der Waals surface area contributed by atoms with Gasteiger partial charge in [0, 0.05) is 6.42 Å². The third kappa shape index (κ3) is 39.7. The van der Waals surface area contributed by atoms with Crippen LogP contribution in [0.5, 0.6) is 0 Å². The zero-order valence-corrected chi connectivity index (χ0v) is 35.9. The second-order valence-corrected chi connectivity index (χ2v) is 16.7. The van der Waals surface area contributed by atoms with Crippen LogP contribution >= 0.6 is 7.82 Å². The number of phosphoric ester groups is 1. The number of esters is 1. The largest absolute Gasteiger partial charge is 0.498 e. The number of phosphoric acid groups is 1. The highest BCUT2D eigenvalue weighted by Crippen LogP contribution is 2.43. The van der Waals surface area contributed by atoms with Gasteiger partial charge in [0.1, 0.15) is 19.8 Å². The maximum absolute atomic E-state index is 12.7. The van der Waals surface area contributed by atoms with Crippen LogP contribution in [0, 0.1) is 0 Å². The smallest absolute Gasteiger partial charge is 0.472 e. The maximum atomic E-state index is 12.7. The molecule has 0 fully saturated rings. The van der Waals surface area contributed by atoms with Crippen molar-refractivity contribution in [2.24, 2.45) is 0 Å². The third-order valence-corrected chi connectivity index (χ3v) is 9.73. The van der Waals surface area contributed by atoms with Crippen LogP contribution in [0.15, 0.2) is 60.9 Å². The van der Waals surface area contributed by atoms with Gasteiger partial charge in [0.05, 0.1) is 40.1 Å². The lowest BCUT2D eigenvalue weighted by Gasteiger charge is -2.24. The molecule has 0 bridgehead atoms. The Hall–Kier alpha value is -2.00. The number of likely N-dealkylation sites (N-methyl/N-ethyl adjacent to an activating group) is 1. The number of rotatable bonds is 38. The molecule has 1 unspecified atom stereocenters. The normalized spacial score (nSPS) is 14.9. The quantitative estimate of drug-likeness (QED) is 0.0121. The van der Waals surface area contributed by atoms with E-state index in [0.717, 1.165) is 32.1 Å². The number of quaternary nitrogens is 1. The van der Waals surface area contributed by atoms with E-state index in [9.17, 15) is 19.4 Å². The lowest BCUT2D eigenvalue weighted by Crippen LogP contribution is -2.37. The number of unbranched alkanes of at least 4 members (excludes halogenated alkanes) is 15.